The Morgan fingerprint density at radius 3 is 2.79 bits per heavy atom. The Labute approximate surface area is 112 Å². The molecule has 2 atom stereocenters. The largest absolute Gasteiger partial charge is 0.349 e. The van der Waals surface area contributed by atoms with Crippen LogP contribution < -0.4 is 5.32 Å². The van der Waals surface area contributed by atoms with E-state index >= 15 is 0 Å². The summed E-state index contributed by atoms with van der Waals surface area (Å²) in [7, 11) is 0. The molecule has 2 rings (SSSR count). The second kappa shape index (κ2) is 6.13. The molecule has 0 heterocycles. The lowest BCUT2D eigenvalue weighted by Crippen LogP contribution is -2.42. The number of rotatable bonds is 3. The van der Waals surface area contributed by atoms with Crippen molar-refractivity contribution in [1.29, 1.82) is 0 Å². The predicted molar refractivity (Wildman–Crippen MR) is 69.9 cm³/mol. The lowest BCUT2D eigenvalue weighted by atomic mass is 9.83. The second-order valence-corrected chi connectivity index (χ2v) is 5.13. The number of nitrogens with one attached hydrogen (secondary N) is 1. The fourth-order valence-electron chi connectivity index (χ4n) is 2.81. The number of hydrogen-bond acceptors (Lipinski definition) is 1. The normalized spacial score (nSPS) is 23.1. The van der Waals surface area contributed by atoms with Crippen LogP contribution in [0.3, 0.4) is 0 Å². The fraction of sp³-hybridized carbons (Fsp3) is 0.533. The van der Waals surface area contributed by atoms with Crippen molar-refractivity contribution >= 4 is 5.91 Å². The Morgan fingerprint density at radius 1 is 1.32 bits per heavy atom. The molecule has 1 saturated carbocycles. The maximum atomic E-state index is 13.5. The van der Waals surface area contributed by atoms with Gasteiger partial charge in [-0.1, -0.05) is 32.3 Å². The molecule has 0 spiro atoms. The van der Waals surface area contributed by atoms with Gasteiger partial charge in [-0.3, -0.25) is 4.79 Å². The molecule has 1 amide bonds. The molecule has 1 fully saturated rings. The van der Waals surface area contributed by atoms with Gasteiger partial charge in [-0.15, -0.1) is 0 Å². The molecule has 1 N–H and O–H groups in total. The smallest absolute Gasteiger partial charge is 0.254 e. The molecular weight excluding hydrogens is 248 g/mol. The minimum atomic E-state index is -1.07. The van der Waals surface area contributed by atoms with Crippen LogP contribution in [0.4, 0.5) is 8.78 Å². The fourth-order valence-corrected chi connectivity index (χ4v) is 2.81. The Balaban J connectivity index is 2.09. The summed E-state index contributed by atoms with van der Waals surface area (Å²) in [5, 5.41) is 2.86. The monoisotopic (exact) mass is 267 g/mol. The van der Waals surface area contributed by atoms with Crippen LogP contribution in [0.2, 0.25) is 0 Å². The highest BCUT2D eigenvalue weighted by molar-refractivity contribution is 5.94. The number of carbonyl (C=O) groups is 1. The van der Waals surface area contributed by atoms with E-state index < -0.39 is 17.5 Å². The zero-order valence-electron chi connectivity index (χ0n) is 11.1. The van der Waals surface area contributed by atoms with E-state index in [0.717, 1.165) is 31.7 Å². The minimum absolute atomic E-state index is 0.0777. The van der Waals surface area contributed by atoms with Gasteiger partial charge in [-0.05, 0) is 30.9 Å². The van der Waals surface area contributed by atoms with Crippen LogP contribution in [0, 0.1) is 17.6 Å². The summed E-state index contributed by atoms with van der Waals surface area (Å²) in [6.45, 7) is 2.10. The Kier molecular flexibility index (Phi) is 4.51. The Hall–Kier alpha value is -1.45. The van der Waals surface area contributed by atoms with Crippen molar-refractivity contribution in [3.63, 3.8) is 0 Å². The lowest BCUT2D eigenvalue weighted by molar-refractivity contribution is 0.0899. The van der Waals surface area contributed by atoms with E-state index in [2.05, 4.69) is 12.2 Å². The van der Waals surface area contributed by atoms with Crippen LogP contribution in [-0.2, 0) is 0 Å². The average molecular weight is 267 g/mol. The molecule has 2 nitrogen and oxygen atoms in total. The van der Waals surface area contributed by atoms with Crippen LogP contribution in [-0.4, -0.2) is 11.9 Å². The number of amides is 1. The first-order chi connectivity index (χ1) is 9.13. The summed E-state index contributed by atoms with van der Waals surface area (Å²) >= 11 is 0. The van der Waals surface area contributed by atoms with Gasteiger partial charge >= 0.3 is 0 Å². The first kappa shape index (κ1) is 14.0. The van der Waals surface area contributed by atoms with Crippen LogP contribution in [0.1, 0.15) is 49.4 Å². The van der Waals surface area contributed by atoms with Crippen LogP contribution >= 0.6 is 0 Å². The lowest BCUT2D eigenvalue weighted by Gasteiger charge is -2.31. The van der Waals surface area contributed by atoms with E-state index in [0.29, 0.717) is 5.92 Å². The summed E-state index contributed by atoms with van der Waals surface area (Å²) in [6, 6.07) is 3.76. The quantitative estimate of drug-likeness (QED) is 0.889. The molecular formula is C15H19F2NO. The summed E-state index contributed by atoms with van der Waals surface area (Å²) in [5.74, 6) is -2.12. The first-order valence-electron chi connectivity index (χ1n) is 6.88. The summed E-state index contributed by atoms with van der Waals surface area (Å²) in [6.07, 6.45) is 5.26. The summed E-state index contributed by atoms with van der Waals surface area (Å²) in [5.41, 5.74) is -0.208. The minimum Gasteiger partial charge on any atom is -0.349 e. The average Bonchev–Trinajstić information content (AvgIpc) is 2.42. The molecule has 2 unspecified atom stereocenters. The molecule has 0 saturated heterocycles. The third-order valence-corrected chi connectivity index (χ3v) is 3.95. The van der Waals surface area contributed by atoms with Crippen molar-refractivity contribution < 1.29 is 13.6 Å². The summed E-state index contributed by atoms with van der Waals surface area (Å²) in [4.78, 5) is 12.0. The molecule has 0 aliphatic heterocycles. The molecule has 104 valence electrons. The van der Waals surface area contributed by atoms with Crippen molar-refractivity contribution in [3.8, 4) is 0 Å². The standard InChI is InChI=1S/C15H19F2NO/c1-2-10-6-3-4-9-13(10)18-15(19)11-7-5-8-12(16)14(11)17/h5,7-8,10,13H,2-4,6,9H2,1H3,(H,18,19). The predicted octanol–water partition coefficient (Wildman–Crippen LogP) is 3.66. The molecule has 1 aliphatic rings. The Morgan fingerprint density at radius 2 is 2.05 bits per heavy atom. The van der Waals surface area contributed by atoms with Crippen molar-refractivity contribution in [2.24, 2.45) is 5.92 Å². The van der Waals surface area contributed by atoms with Gasteiger partial charge in [0.15, 0.2) is 11.6 Å². The maximum absolute atomic E-state index is 13.5. The molecule has 0 radical (unpaired) electrons. The van der Waals surface area contributed by atoms with E-state index in [9.17, 15) is 13.6 Å². The molecule has 0 bridgehead atoms. The van der Waals surface area contributed by atoms with Gasteiger partial charge in [0.1, 0.15) is 0 Å². The Bertz CT molecular complexity index is 461. The van der Waals surface area contributed by atoms with Gasteiger partial charge in [-0.2, -0.15) is 0 Å². The number of hydrogen-bond donors (Lipinski definition) is 1. The van der Waals surface area contributed by atoms with Gasteiger partial charge < -0.3 is 5.32 Å². The van der Waals surface area contributed by atoms with Crippen molar-refractivity contribution in [2.75, 3.05) is 0 Å². The topological polar surface area (TPSA) is 29.1 Å². The first-order valence-corrected chi connectivity index (χ1v) is 6.88. The van der Waals surface area contributed by atoms with Crippen LogP contribution in [0.5, 0.6) is 0 Å². The highest BCUT2D eigenvalue weighted by atomic mass is 19.2. The molecule has 1 aromatic rings. The highest BCUT2D eigenvalue weighted by Crippen LogP contribution is 2.27. The van der Waals surface area contributed by atoms with E-state index in [4.69, 9.17) is 0 Å². The number of halogens is 2. The molecule has 1 aliphatic carbocycles. The van der Waals surface area contributed by atoms with Gasteiger partial charge in [0.2, 0.25) is 0 Å². The molecule has 19 heavy (non-hydrogen) atoms. The van der Waals surface area contributed by atoms with E-state index in [1.807, 2.05) is 0 Å². The summed E-state index contributed by atoms with van der Waals surface area (Å²) < 4.78 is 26.7. The molecule has 1 aromatic carbocycles. The van der Waals surface area contributed by atoms with Crippen LogP contribution in [0.25, 0.3) is 0 Å². The van der Waals surface area contributed by atoms with Crippen molar-refractivity contribution in [2.45, 2.75) is 45.1 Å². The van der Waals surface area contributed by atoms with Crippen molar-refractivity contribution in [3.05, 3.63) is 35.4 Å². The van der Waals surface area contributed by atoms with Crippen molar-refractivity contribution in [1.82, 2.24) is 5.32 Å². The third kappa shape index (κ3) is 3.11. The second-order valence-electron chi connectivity index (χ2n) is 5.13. The van der Waals surface area contributed by atoms with Gasteiger partial charge in [0.25, 0.3) is 5.91 Å². The van der Waals surface area contributed by atoms with E-state index in [-0.39, 0.29) is 11.6 Å². The van der Waals surface area contributed by atoms with Crippen LogP contribution in [0.15, 0.2) is 18.2 Å². The molecule has 4 heteroatoms. The van der Waals surface area contributed by atoms with E-state index in [1.165, 1.54) is 18.6 Å². The number of carbonyl (C=O) groups excluding carboxylic acids is 1. The zero-order valence-corrected chi connectivity index (χ0v) is 11.1. The highest BCUT2D eigenvalue weighted by Gasteiger charge is 2.26. The van der Waals surface area contributed by atoms with Gasteiger partial charge in [-0.25, -0.2) is 8.78 Å². The van der Waals surface area contributed by atoms with Gasteiger partial charge in [0, 0.05) is 6.04 Å². The van der Waals surface area contributed by atoms with E-state index in [1.54, 1.807) is 0 Å². The maximum Gasteiger partial charge on any atom is 0.254 e. The number of benzene rings is 1. The molecule has 0 aromatic heterocycles. The zero-order chi connectivity index (χ0) is 13.8. The van der Waals surface area contributed by atoms with Gasteiger partial charge in [0.05, 0.1) is 5.56 Å². The SMILES string of the molecule is CCC1CCCCC1NC(=O)c1cccc(F)c1F. The third-order valence-electron chi connectivity index (χ3n) is 3.95.